The van der Waals surface area contributed by atoms with Gasteiger partial charge >= 0.3 is 6.18 Å². The van der Waals surface area contributed by atoms with E-state index in [4.69, 9.17) is 0 Å². The Bertz CT molecular complexity index is 934. The largest absolute Gasteiger partial charge is 0.410 e. The van der Waals surface area contributed by atoms with E-state index in [-0.39, 0.29) is 29.9 Å². The maximum Gasteiger partial charge on any atom is 0.410 e. The Morgan fingerprint density at radius 1 is 1.14 bits per heavy atom. The molecule has 2 aliphatic rings. The second kappa shape index (κ2) is 7.09. The summed E-state index contributed by atoms with van der Waals surface area (Å²) in [6, 6.07) is 5.90. The van der Waals surface area contributed by atoms with Gasteiger partial charge in [0, 0.05) is 17.7 Å². The number of halogens is 3. The highest BCUT2D eigenvalue weighted by atomic mass is 19.4. The van der Waals surface area contributed by atoms with Gasteiger partial charge in [-0.15, -0.1) is 0 Å². The molecule has 2 amide bonds. The third kappa shape index (κ3) is 4.06. The Hall–Kier alpha value is -3.04. The summed E-state index contributed by atoms with van der Waals surface area (Å²) < 4.78 is 41.3. The molecule has 3 N–H and O–H groups in total. The fourth-order valence-corrected chi connectivity index (χ4v) is 3.48. The number of nitrogens with one attached hydrogen (secondary N) is 3. The fraction of sp³-hybridized carbons (Fsp3) is 0.421. The van der Waals surface area contributed by atoms with Crippen LogP contribution in [-0.2, 0) is 0 Å². The standard InChI is InChI=1S/C19H20F3N5O2/c1-10-2-4-12(5-3-10)17(28)24-25-18(29)14-9-16-23-13(11-6-7-11)8-15(19(20,21)22)27(16)26-14/h2-5,9,11,13,15,23H,6-8H2,1H3,(H,24,28)(H,25,29). The van der Waals surface area contributed by atoms with Crippen LogP contribution in [0.2, 0.25) is 0 Å². The Morgan fingerprint density at radius 2 is 1.79 bits per heavy atom. The van der Waals surface area contributed by atoms with E-state index in [1.165, 1.54) is 6.07 Å². The van der Waals surface area contributed by atoms with E-state index in [0.717, 1.165) is 23.1 Å². The molecule has 0 bridgehead atoms. The molecule has 2 aromatic rings. The van der Waals surface area contributed by atoms with E-state index >= 15 is 0 Å². The highest BCUT2D eigenvalue weighted by molar-refractivity contribution is 5.98. The summed E-state index contributed by atoms with van der Waals surface area (Å²) in [6.45, 7) is 1.88. The fourth-order valence-electron chi connectivity index (χ4n) is 3.48. The molecule has 10 heteroatoms. The van der Waals surface area contributed by atoms with Crippen molar-refractivity contribution >= 4 is 17.6 Å². The molecule has 154 valence electrons. The Kier molecular flexibility index (Phi) is 4.71. The van der Waals surface area contributed by atoms with E-state index in [1.807, 2.05) is 6.92 Å². The number of nitrogens with zero attached hydrogens (tertiary/aromatic N) is 2. The third-order valence-corrected chi connectivity index (χ3v) is 5.25. The molecular formula is C19H20F3N5O2. The lowest BCUT2D eigenvalue weighted by molar-refractivity contribution is -0.174. The van der Waals surface area contributed by atoms with Crippen LogP contribution in [0, 0.1) is 12.8 Å². The molecule has 1 aliphatic carbocycles. The van der Waals surface area contributed by atoms with Crippen LogP contribution in [0.15, 0.2) is 30.3 Å². The van der Waals surface area contributed by atoms with E-state index in [0.29, 0.717) is 5.56 Å². The first kappa shape index (κ1) is 19.3. The molecular weight excluding hydrogens is 387 g/mol. The number of hydrogen-bond donors (Lipinski definition) is 3. The molecule has 1 aromatic heterocycles. The molecule has 7 nitrogen and oxygen atoms in total. The van der Waals surface area contributed by atoms with E-state index in [9.17, 15) is 22.8 Å². The number of carbonyl (C=O) groups is 2. The zero-order valence-electron chi connectivity index (χ0n) is 15.6. The number of alkyl halides is 3. The molecule has 1 aliphatic heterocycles. The van der Waals surface area contributed by atoms with Gasteiger partial charge in [-0.3, -0.25) is 20.4 Å². The summed E-state index contributed by atoms with van der Waals surface area (Å²) in [4.78, 5) is 24.4. The first-order valence-corrected chi connectivity index (χ1v) is 9.32. The number of fused-ring (bicyclic) bond motifs is 1. The summed E-state index contributed by atoms with van der Waals surface area (Å²) in [7, 11) is 0. The van der Waals surface area contributed by atoms with Gasteiger partial charge in [-0.2, -0.15) is 18.3 Å². The van der Waals surface area contributed by atoms with E-state index in [2.05, 4.69) is 21.3 Å². The number of hydrazine groups is 1. The lowest BCUT2D eigenvalue weighted by Gasteiger charge is -2.33. The minimum atomic E-state index is -4.47. The van der Waals surface area contributed by atoms with Gasteiger partial charge in [0.2, 0.25) is 0 Å². The smallest absolute Gasteiger partial charge is 0.367 e. The summed E-state index contributed by atoms with van der Waals surface area (Å²) in [5.41, 5.74) is 5.55. The predicted molar refractivity (Wildman–Crippen MR) is 98.2 cm³/mol. The lowest BCUT2D eigenvalue weighted by atomic mass is 10.0. The average Bonchev–Trinajstić information content (AvgIpc) is 3.43. The second-order valence-electron chi connectivity index (χ2n) is 7.52. The minimum Gasteiger partial charge on any atom is -0.367 e. The van der Waals surface area contributed by atoms with E-state index in [1.54, 1.807) is 24.3 Å². The van der Waals surface area contributed by atoms with Crippen molar-refractivity contribution in [2.45, 2.75) is 44.4 Å². The predicted octanol–water partition coefficient (Wildman–Crippen LogP) is 2.96. The molecule has 29 heavy (non-hydrogen) atoms. The molecule has 1 aromatic carbocycles. The minimum absolute atomic E-state index is 0.117. The maximum atomic E-state index is 13.5. The Labute approximate surface area is 164 Å². The molecule has 4 rings (SSSR count). The van der Waals surface area contributed by atoms with Crippen LogP contribution >= 0.6 is 0 Å². The van der Waals surface area contributed by atoms with Gasteiger partial charge in [-0.1, -0.05) is 17.7 Å². The van der Waals surface area contributed by atoms with Crippen molar-refractivity contribution in [1.82, 2.24) is 20.6 Å². The lowest BCUT2D eigenvalue weighted by Crippen LogP contribution is -2.42. The number of hydrogen-bond acceptors (Lipinski definition) is 4. The molecule has 2 heterocycles. The van der Waals surface area contributed by atoms with Crippen molar-refractivity contribution in [3.63, 3.8) is 0 Å². The highest BCUT2D eigenvalue weighted by Crippen LogP contribution is 2.45. The van der Waals surface area contributed by atoms with Gasteiger partial charge in [-0.25, -0.2) is 4.68 Å². The third-order valence-electron chi connectivity index (χ3n) is 5.25. The van der Waals surface area contributed by atoms with Crippen LogP contribution in [0.4, 0.5) is 19.0 Å². The number of carbonyl (C=O) groups excluding carboxylic acids is 2. The van der Waals surface area contributed by atoms with Crippen LogP contribution in [0.1, 0.15) is 51.7 Å². The number of aryl methyl sites for hydroxylation is 1. The topological polar surface area (TPSA) is 88.1 Å². The van der Waals surface area contributed by atoms with Crippen molar-refractivity contribution in [1.29, 1.82) is 0 Å². The first-order chi connectivity index (χ1) is 13.7. The number of aromatic nitrogens is 2. The Morgan fingerprint density at radius 3 is 2.41 bits per heavy atom. The van der Waals surface area contributed by atoms with Crippen molar-refractivity contribution in [3.05, 3.63) is 47.2 Å². The molecule has 0 radical (unpaired) electrons. The highest BCUT2D eigenvalue weighted by Gasteiger charge is 2.49. The first-order valence-electron chi connectivity index (χ1n) is 9.32. The molecule has 2 unspecified atom stereocenters. The van der Waals surface area contributed by atoms with Crippen LogP contribution in [-0.4, -0.2) is 33.8 Å². The normalized spacial score (nSPS) is 21.1. The summed E-state index contributed by atoms with van der Waals surface area (Å²) in [6.07, 6.45) is -2.79. The second-order valence-corrected chi connectivity index (χ2v) is 7.52. The van der Waals surface area contributed by atoms with Crippen molar-refractivity contribution < 1.29 is 22.8 Å². The average molecular weight is 407 g/mol. The zero-order valence-corrected chi connectivity index (χ0v) is 15.6. The van der Waals surface area contributed by atoms with E-state index < -0.39 is 24.0 Å². The van der Waals surface area contributed by atoms with Crippen molar-refractivity contribution in [2.24, 2.45) is 5.92 Å². The van der Waals surface area contributed by atoms with Crippen LogP contribution in [0.3, 0.4) is 0 Å². The number of benzene rings is 1. The monoisotopic (exact) mass is 407 g/mol. The van der Waals surface area contributed by atoms with Crippen LogP contribution < -0.4 is 16.2 Å². The molecule has 2 atom stereocenters. The van der Waals surface area contributed by atoms with Crippen molar-refractivity contribution in [2.75, 3.05) is 5.32 Å². The molecule has 1 fully saturated rings. The van der Waals surface area contributed by atoms with Crippen molar-refractivity contribution in [3.8, 4) is 0 Å². The van der Waals surface area contributed by atoms with Gasteiger partial charge in [0.1, 0.15) is 5.82 Å². The number of amides is 2. The quantitative estimate of drug-likeness (QED) is 0.683. The summed E-state index contributed by atoms with van der Waals surface area (Å²) in [5.74, 6) is -0.958. The molecule has 0 spiro atoms. The van der Waals surface area contributed by atoms with Gasteiger partial charge < -0.3 is 5.32 Å². The van der Waals surface area contributed by atoms with Crippen LogP contribution in [0.5, 0.6) is 0 Å². The number of rotatable bonds is 3. The maximum absolute atomic E-state index is 13.5. The van der Waals surface area contributed by atoms with Crippen LogP contribution in [0.25, 0.3) is 0 Å². The summed E-state index contributed by atoms with van der Waals surface area (Å²) in [5, 5.41) is 6.91. The summed E-state index contributed by atoms with van der Waals surface area (Å²) >= 11 is 0. The van der Waals surface area contributed by atoms with Gasteiger partial charge in [-0.05, 0) is 44.2 Å². The van der Waals surface area contributed by atoms with Gasteiger partial charge in [0.15, 0.2) is 11.7 Å². The zero-order chi connectivity index (χ0) is 20.8. The van der Waals surface area contributed by atoms with Gasteiger partial charge in [0.25, 0.3) is 11.8 Å². The molecule has 1 saturated carbocycles. The van der Waals surface area contributed by atoms with Gasteiger partial charge in [0.05, 0.1) is 0 Å². The Balaban J connectivity index is 1.47. The SMILES string of the molecule is Cc1ccc(C(=O)NNC(=O)c2cc3n(n2)C(C(F)(F)F)CC(C2CC2)N3)cc1. The molecule has 0 saturated heterocycles. The number of anilines is 1.